The summed E-state index contributed by atoms with van der Waals surface area (Å²) in [5, 5.41) is 17.0. The van der Waals surface area contributed by atoms with Gasteiger partial charge >= 0.3 is 0 Å². The number of nitrogens with zero attached hydrogens (tertiary/aromatic N) is 1. The SMILES string of the molecule is O=C1CCCC2=C1C(c1cccc([N+](=O)[O-])c1)c1c(ccc3ccccc13)N2. The molecule has 5 heteroatoms. The van der Waals surface area contributed by atoms with Crippen molar-refractivity contribution in [1.29, 1.82) is 0 Å². The van der Waals surface area contributed by atoms with Crippen molar-refractivity contribution in [2.45, 2.75) is 25.2 Å². The maximum absolute atomic E-state index is 12.9. The number of Topliss-reactive ketones (excluding diaryl/α,β-unsaturated/α-hetero) is 1. The number of nitrogens with one attached hydrogen (secondary N) is 1. The van der Waals surface area contributed by atoms with Gasteiger partial charge in [0.2, 0.25) is 0 Å². The van der Waals surface area contributed by atoms with Crippen LogP contribution in [0.4, 0.5) is 11.4 Å². The van der Waals surface area contributed by atoms with Gasteiger partial charge in [0.15, 0.2) is 5.78 Å². The number of hydrogen-bond donors (Lipinski definition) is 1. The minimum atomic E-state index is -0.382. The number of nitro groups is 1. The van der Waals surface area contributed by atoms with E-state index in [9.17, 15) is 14.9 Å². The molecule has 5 nitrogen and oxygen atoms in total. The fraction of sp³-hybridized carbons (Fsp3) is 0.174. The molecule has 0 saturated heterocycles. The monoisotopic (exact) mass is 370 g/mol. The summed E-state index contributed by atoms with van der Waals surface area (Å²) in [7, 11) is 0. The molecule has 0 fully saturated rings. The van der Waals surface area contributed by atoms with E-state index in [4.69, 9.17) is 0 Å². The molecule has 1 aliphatic heterocycles. The summed E-state index contributed by atoms with van der Waals surface area (Å²) in [6, 6.07) is 18.9. The topological polar surface area (TPSA) is 72.2 Å². The Morgan fingerprint density at radius 1 is 1.00 bits per heavy atom. The second-order valence-electron chi connectivity index (χ2n) is 7.33. The highest BCUT2D eigenvalue weighted by Gasteiger charge is 2.36. The van der Waals surface area contributed by atoms with E-state index in [1.807, 2.05) is 30.3 Å². The lowest BCUT2D eigenvalue weighted by Crippen LogP contribution is -2.27. The van der Waals surface area contributed by atoms with Crippen molar-refractivity contribution in [3.05, 3.63) is 93.2 Å². The molecule has 0 saturated carbocycles. The van der Waals surface area contributed by atoms with Gasteiger partial charge in [0.05, 0.1) is 4.92 Å². The first-order valence-corrected chi connectivity index (χ1v) is 9.43. The van der Waals surface area contributed by atoms with Crippen molar-refractivity contribution in [3.8, 4) is 0 Å². The van der Waals surface area contributed by atoms with Crippen LogP contribution in [0.5, 0.6) is 0 Å². The number of ketones is 1. The summed E-state index contributed by atoms with van der Waals surface area (Å²) in [4.78, 5) is 23.9. The lowest BCUT2D eigenvalue weighted by Gasteiger charge is -2.35. The van der Waals surface area contributed by atoms with Crippen LogP contribution in [0.15, 0.2) is 71.9 Å². The molecule has 1 unspecified atom stereocenters. The standard InChI is InChI=1S/C23H18N2O3/c26-20-10-4-9-18-23(20)21(15-6-3-7-16(13-15)25(27)28)22-17-8-2-1-5-14(17)11-12-19(22)24-18/h1-3,5-8,11-13,21,24H,4,9-10H2. The van der Waals surface area contributed by atoms with Crippen molar-refractivity contribution in [3.63, 3.8) is 0 Å². The van der Waals surface area contributed by atoms with Crippen LogP contribution in [0.2, 0.25) is 0 Å². The average molecular weight is 370 g/mol. The zero-order valence-electron chi connectivity index (χ0n) is 15.1. The van der Waals surface area contributed by atoms with E-state index in [2.05, 4.69) is 17.4 Å². The maximum atomic E-state index is 12.9. The van der Waals surface area contributed by atoms with Crippen molar-refractivity contribution in [2.75, 3.05) is 5.32 Å². The largest absolute Gasteiger partial charge is 0.358 e. The van der Waals surface area contributed by atoms with Gasteiger partial charge in [0, 0.05) is 41.4 Å². The molecule has 0 bridgehead atoms. The second-order valence-corrected chi connectivity index (χ2v) is 7.33. The van der Waals surface area contributed by atoms with Crippen molar-refractivity contribution < 1.29 is 9.72 Å². The van der Waals surface area contributed by atoms with Crippen LogP contribution in [-0.2, 0) is 4.79 Å². The smallest absolute Gasteiger partial charge is 0.269 e. The highest BCUT2D eigenvalue weighted by atomic mass is 16.6. The number of carbonyl (C=O) groups is 1. The molecule has 1 heterocycles. The molecule has 0 spiro atoms. The molecule has 28 heavy (non-hydrogen) atoms. The Morgan fingerprint density at radius 3 is 2.71 bits per heavy atom. The summed E-state index contributed by atoms with van der Waals surface area (Å²) in [5.41, 5.74) is 4.54. The van der Waals surface area contributed by atoms with Gasteiger partial charge in [-0.25, -0.2) is 0 Å². The Balaban J connectivity index is 1.83. The highest BCUT2D eigenvalue weighted by Crippen LogP contribution is 2.48. The number of carbonyl (C=O) groups excluding carboxylic acids is 1. The molecule has 0 aromatic heterocycles. The number of allylic oxidation sites excluding steroid dienone is 2. The number of nitro benzene ring substituents is 1. The fourth-order valence-corrected chi connectivity index (χ4v) is 4.50. The van der Waals surface area contributed by atoms with Gasteiger partial charge in [0.25, 0.3) is 5.69 Å². The Labute approximate surface area is 161 Å². The zero-order chi connectivity index (χ0) is 19.3. The predicted molar refractivity (Wildman–Crippen MR) is 108 cm³/mol. The molecule has 0 amide bonds. The molecular formula is C23H18N2O3. The number of non-ortho nitro benzene ring substituents is 1. The summed E-state index contributed by atoms with van der Waals surface area (Å²) in [6.07, 6.45) is 2.17. The Hall–Kier alpha value is -3.47. The Bertz CT molecular complexity index is 1180. The first-order valence-electron chi connectivity index (χ1n) is 9.43. The van der Waals surface area contributed by atoms with Crippen LogP contribution in [0.25, 0.3) is 10.8 Å². The van der Waals surface area contributed by atoms with Gasteiger partial charge in [0.1, 0.15) is 0 Å². The summed E-state index contributed by atoms with van der Waals surface area (Å²) >= 11 is 0. The van der Waals surface area contributed by atoms with Gasteiger partial charge in [-0.2, -0.15) is 0 Å². The Morgan fingerprint density at radius 2 is 1.86 bits per heavy atom. The summed E-state index contributed by atoms with van der Waals surface area (Å²) in [5.74, 6) is -0.172. The third kappa shape index (κ3) is 2.51. The van der Waals surface area contributed by atoms with Gasteiger partial charge in [-0.15, -0.1) is 0 Å². The van der Waals surface area contributed by atoms with E-state index in [-0.39, 0.29) is 22.3 Å². The molecule has 5 rings (SSSR count). The maximum Gasteiger partial charge on any atom is 0.269 e. The van der Waals surface area contributed by atoms with E-state index < -0.39 is 0 Å². The minimum absolute atomic E-state index is 0.0447. The van der Waals surface area contributed by atoms with Crippen molar-refractivity contribution in [1.82, 2.24) is 0 Å². The molecule has 1 atom stereocenters. The molecule has 3 aromatic rings. The second kappa shape index (κ2) is 6.30. The lowest BCUT2D eigenvalue weighted by atomic mass is 9.74. The normalized spacial score (nSPS) is 18.4. The van der Waals surface area contributed by atoms with Gasteiger partial charge in [-0.1, -0.05) is 42.5 Å². The summed E-state index contributed by atoms with van der Waals surface area (Å²) < 4.78 is 0. The Kier molecular flexibility index (Phi) is 3.76. The number of fused-ring (bicyclic) bond motifs is 3. The molecule has 3 aromatic carbocycles. The average Bonchev–Trinajstić information content (AvgIpc) is 2.72. The zero-order valence-corrected chi connectivity index (χ0v) is 15.1. The van der Waals surface area contributed by atoms with Crippen molar-refractivity contribution in [2.24, 2.45) is 0 Å². The van der Waals surface area contributed by atoms with Gasteiger partial charge < -0.3 is 5.32 Å². The number of anilines is 1. The fourth-order valence-electron chi connectivity index (χ4n) is 4.50. The lowest BCUT2D eigenvalue weighted by molar-refractivity contribution is -0.384. The number of benzene rings is 3. The van der Waals surface area contributed by atoms with Crippen LogP contribution in [-0.4, -0.2) is 10.7 Å². The predicted octanol–water partition coefficient (Wildman–Crippen LogP) is 5.31. The van der Waals surface area contributed by atoms with E-state index >= 15 is 0 Å². The highest BCUT2D eigenvalue weighted by molar-refractivity contribution is 6.04. The third-order valence-electron chi connectivity index (χ3n) is 5.70. The molecule has 1 N–H and O–H groups in total. The van der Waals surface area contributed by atoms with Gasteiger partial charge in [-0.05, 0) is 40.8 Å². The van der Waals surface area contributed by atoms with Gasteiger partial charge in [-0.3, -0.25) is 14.9 Å². The third-order valence-corrected chi connectivity index (χ3v) is 5.70. The van der Waals surface area contributed by atoms with Crippen LogP contribution in [0, 0.1) is 10.1 Å². The van der Waals surface area contributed by atoms with E-state index in [0.717, 1.165) is 51.7 Å². The van der Waals surface area contributed by atoms with Crippen LogP contribution in [0.3, 0.4) is 0 Å². The first-order chi connectivity index (χ1) is 13.6. The van der Waals surface area contributed by atoms with E-state index in [1.165, 1.54) is 6.07 Å². The minimum Gasteiger partial charge on any atom is -0.358 e. The number of hydrogen-bond acceptors (Lipinski definition) is 4. The molecule has 2 aliphatic rings. The summed E-state index contributed by atoms with van der Waals surface area (Å²) in [6.45, 7) is 0. The van der Waals surface area contributed by atoms with Crippen LogP contribution < -0.4 is 5.32 Å². The molecule has 1 aliphatic carbocycles. The number of rotatable bonds is 2. The van der Waals surface area contributed by atoms with E-state index in [0.29, 0.717) is 6.42 Å². The first kappa shape index (κ1) is 16.7. The molecule has 0 radical (unpaired) electrons. The van der Waals surface area contributed by atoms with Crippen LogP contribution in [0.1, 0.15) is 36.3 Å². The van der Waals surface area contributed by atoms with E-state index in [1.54, 1.807) is 12.1 Å². The quantitative estimate of drug-likeness (QED) is 0.490. The molecule has 138 valence electrons. The molecular weight excluding hydrogens is 352 g/mol. The van der Waals surface area contributed by atoms with Crippen molar-refractivity contribution >= 4 is 27.9 Å². The van der Waals surface area contributed by atoms with Crippen LogP contribution >= 0.6 is 0 Å².